The van der Waals surface area contributed by atoms with Crippen LogP contribution in [0.1, 0.15) is 25.0 Å². The number of pyridine rings is 1. The van der Waals surface area contributed by atoms with Gasteiger partial charge >= 0.3 is 51.4 Å². The molecule has 0 unspecified atom stereocenters. The number of nitrogens with zero attached hydrogens (tertiary/aromatic N) is 2. The second-order valence-electron chi connectivity index (χ2n) is 6.84. The second-order valence-corrected chi connectivity index (χ2v) is 8.17. The molecular formula is C22H25BrFKN4S. The van der Waals surface area contributed by atoms with Gasteiger partial charge in [-0.25, -0.2) is 4.39 Å². The number of rotatable bonds is 6. The zero-order chi connectivity index (χ0) is 21.3. The van der Waals surface area contributed by atoms with Crippen LogP contribution in [-0.4, -0.2) is 11.7 Å². The molecule has 0 radical (unpaired) electrons. The maximum Gasteiger partial charge on any atom is 1.00 e. The third kappa shape index (κ3) is 10.2. The van der Waals surface area contributed by atoms with Gasteiger partial charge in [0.2, 0.25) is 0 Å². The molecule has 3 N–H and O–H groups in total. The number of alkyl halides is 1. The van der Waals surface area contributed by atoms with Gasteiger partial charge in [-0.2, -0.15) is 0 Å². The molecule has 0 bridgehead atoms. The molecule has 3 rings (SSSR count). The van der Waals surface area contributed by atoms with E-state index < -0.39 is 5.67 Å². The van der Waals surface area contributed by atoms with E-state index in [1.807, 2.05) is 42.6 Å². The molecule has 0 aliphatic rings. The number of aromatic nitrogens is 1. The maximum atomic E-state index is 13.4. The first kappa shape index (κ1) is 27.6. The molecule has 0 atom stereocenters. The normalized spacial score (nSPS) is 10.4. The topological polar surface area (TPSA) is 65.0 Å². The molecule has 0 spiro atoms. The van der Waals surface area contributed by atoms with Gasteiger partial charge in [-0.15, -0.1) is 19.2 Å². The third-order valence-electron chi connectivity index (χ3n) is 3.96. The number of benzene rings is 2. The molecule has 3 aromatic rings. The van der Waals surface area contributed by atoms with Crippen molar-refractivity contribution in [3.63, 3.8) is 0 Å². The monoisotopic (exact) mass is 514 g/mol. The van der Waals surface area contributed by atoms with Crippen molar-refractivity contribution in [2.75, 3.05) is 17.7 Å². The summed E-state index contributed by atoms with van der Waals surface area (Å²) in [6.07, 6.45) is 3.59. The minimum atomic E-state index is -1.29. The minimum Gasteiger partial charge on any atom is -0.641 e. The number of nitrogens with one attached hydrogen (secondary N) is 1. The Morgan fingerprint density at radius 1 is 1.17 bits per heavy atom. The SMILES string of the molecule is CC(C)(F)c1ccc(Br)c(S)c1.Nc1ccc(NC[N-]Cc2cccnc2)cc1.[K+]. The third-order valence-corrected chi connectivity index (χ3v) is 5.32. The van der Waals surface area contributed by atoms with Gasteiger partial charge < -0.3 is 16.4 Å². The van der Waals surface area contributed by atoms with Crippen LogP contribution in [0, 0.1) is 0 Å². The Labute approximate surface area is 234 Å². The first-order chi connectivity index (χ1) is 13.8. The van der Waals surface area contributed by atoms with Crippen molar-refractivity contribution in [2.45, 2.75) is 31.0 Å². The van der Waals surface area contributed by atoms with Gasteiger partial charge in [0.1, 0.15) is 5.67 Å². The van der Waals surface area contributed by atoms with E-state index in [-0.39, 0.29) is 51.4 Å². The molecule has 0 aliphatic heterocycles. The molecule has 0 amide bonds. The predicted octanol–water partition coefficient (Wildman–Crippen LogP) is 3.55. The van der Waals surface area contributed by atoms with Gasteiger partial charge in [0, 0.05) is 33.1 Å². The van der Waals surface area contributed by atoms with Crippen molar-refractivity contribution < 1.29 is 55.8 Å². The van der Waals surface area contributed by atoms with Crippen molar-refractivity contribution >= 4 is 39.9 Å². The van der Waals surface area contributed by atoms with Crippen LogP contribution in [0.25, 0.3) is 5.32 Å². The molecule has 1 aromatic heterocycles. The summed E-state index contributed by atoms with van der Waals surface area (Å²) in [6, 6.07) is 16.8. The molecule has 1 heterocycles. The standard InChI is InChI=1S/C13H15N4.C9H10BrFS.K/c14-12-3-5-13(6-4-12)17-10-16-9-11-2-1-7-15-8-11;1-9(2,11)6-3-4-7(10)8(12)5-6;/h1-8,17H,9-10,14H2;3-5,12H,1-2H3;/q-1;;+1. The Balaban J connectivity index is 0.000000308. The van der Waals surface area contributed by atoms with E-state index in [9.17, 15) is 4.39 Å². The number of nitrogens with two attached hydrogens (primary N) is 1. The Kier molecular flexibility index (Phi) is 12.7. The number of thiol groups is 1. The molecular weight excluding hydrogens is 490 g/mol. The Morgan fingerprint density at radius 3 is 2.43 bits per heavy atom. The summed E-state index contributed by atoms with van der Waals surface area (Å²) in [5.74, 6) is 0. The summed E-state index contributed by atoms with van der Waals surface area (Å²) in [5, 5.41) is 7.58. The van der Waals surface area contributed by atoms with Crippen LogP contribution in [0.5, 0.6) is 0 Å². The van der Waals surface area contributed by atoms with Crippen molar-refractivity contribution in [1.82, 2.24) is 4.98 Å². The van der Waals surface area contributed by atoms with Crippen LogP contribution in [-0.2, 0) is 12.2 Å². The smallest absolute Gasteiger partial charge is 0.641 e. The van der Waals surface area contributed by atoms with Crippen LogP contribution in [0.3, 0.4) is 0 Å². The number of hydrogen-bond acceptors (Lipinski definition) is 4. The van der Waals surface area contributed by atoms with Crippen molar-refractivity contribution in [1.29, 1.82) is 0 Å². The number of nitrogen functional groups attached to an aromatic ring is 1. The van der Waals surface area contributed by atoms with E-state index in [1.54, 1.807) is 24.4 Å². The quantitative estimate of drug-likeness (QED) is 0.204. The van der Waals surface area contributed by atoms with Crippen LogP contribution >= 0.6 is 28.6 Å². The number of halogens is 2. The summed E-state index contributed by atoms with van der Waals surface area (Å²) in [7, 11) is 0. The average Bonchev–Trinajstić information content (AvgIpc) is 2.69. The van der Waals surface area contributed by atoms with E-state index in [2.05, 4.69) is 44.2 Å². The van der Waals surface area contributed by atoms with Gasteiger partial charge in [0.05, 0.1) is 0 Å². The first-order valence-corrected chi connectivity index (χ1v) is 10.3. The van der Waals surface area contributed by atoms with Gasteiger partial charge in [0.15, 0.2) is 0 Å². The first-order valence-electron chi connectivity index (χ1n) is 9.05. The van der Waals surface area contributed by atoms with Crippen LogP contribution in [0.4, 0.5) is 15.8 Å². The van der Waals surface area contributed by atoms with Crippen molar-refractivity contribution in [3.05, 3.63) is 87.9 Å². The van der Waals surface area contributed by atoms with E-state index in [1.165, 1.54) is 13.8 Å². The summed E-state index contributed by atoms with van der Waals surface area (Å²) >= 11 is 7.48. The molecule has 30 heavy (non-hydrogen) atoms. The van der Waals surface area contributed by atoms with Gasteiger partial charge in [-0.05, 0) is 77.8 Å². The summed E-state index contributed by atoms with van der Waals surface area (Å²) < 4.78 is 14.3. The van der Waals surface area contributed by atoms with Crippen molar-refractivity contribution in [3.8, 4) is 0 Å². The average molecular weight is 516 g/mol. The van der Waals surface area contributed by atoms with E-state index in [0.717, 1.165) is 26.3 Å². The molecule has 4 nitrogen and oxygen atoms in total. The minimum absolute atomic E-state index is 0. The van der Waals surface area contributed by atoms with Gasteiger partial charge in [-0.1, -0.05) is 24.4 Å². The maximum absolute atomic E-state index is 13.4. The largest absolute Gasteiger partial charge is 1.00 e. The molecule has 2 aromatic carbocycles. The van der Waals surface area contributed by atoms with Gasteiger partial charge in [-0.3, -0.25) is 4.98 Å². The van der Waals surface area contributed by atoms with E-state index in [0.29, 0.717) is 18.8 Å². The van der Waals surface area contributed by atoms with Crippen LogP contribution < -0.4 is 62.4 Å². The van der Waals surface area contributed by atoms with Gasteiger partial charge in [0.25, 0.3) is 0 Å². The molecule has 0 saturated heterocycles. The fraction of sp³-hybridized carbons (Fsp3) is 0.227. The van der Waals surface area contributed by atoms with Crippen molar-refractivity contribution in [2.24, 2.45) is 0 Å². The Bertz CT molecular complexity index is 890. The zero-order valence-electron chi connectivity index (χ0n) is 17.4. The zero-order valence-corrected chi connectivity index (χ0v) is 23.0. The predicted molar refractivity (Wildman–Crippen MR) is 126 cm³/mol. The Hall–Kier alpha value is -0.454. The molecule has 0 aliphatic carbocycles. The van der Waals surface area contributed by atoms with E-state index >= 15 is 0 Å². The van der Waals surface area contributed by atoms with E-state index in [4.69, 9.17) is 5.73 Å². The summed E-state index contributed by atoms with van der Waals surface area (Å²) in [5.41, 5.74) is 7.86. The number of anilines is 2. The van der Waals surface area contributed by atoms with Crippen LogP contribution in [0.2, 0.25) is 0 Å². The van der Waals surface area contributed by atoms with Crippen LogP contribution in [0.15, 0.2) is 76.4 Å². The molecule has 154 valence electrons. The number of hydrogen-bond donors (Lipinski definition) is 3. The molecule has 0 fully saturated rings. The summed E-state index contributed by atoms with van der Waals surface area (Å²) in [6.45, 7) is 4.32. The second kappa shape index (κ2) is 13.9. The molecule has 0 saturated carbocycles. The molecule has 8 heteroatoms. The fourth-order valence-electron chi connectivity index (χ4n) is 2.31. The summed E-state index contributed by atoms with van der Waals surface area (Å²) in [4.78, 5) is 4.80. The fourth-order valence-corrected chi connectivity index (χ4v) is 2.77. The Morgan fingerprint density at radius 2 is 1.87 bits per heavy atom.